The Morgan fingerprint density at radius 1 is 1.00 bits per heavy atom. The number of alkyl halides is 1. The van der Waals surface area contributed by atoms with E-state index in [0.717, 1.165) is 5.92 Å². The molecule has 0 aromatic rings. The molecule has 0 saturated heterocycles. The van der Waals surface area contributed by atoms with Crippen LogP contribution in [0.25, 0.3) is 0 Å². The maximum atomic E-state index is 6.10. The fourth-order valence-corrected chi connectivity index (χ4v) is 3.09. The summed E-state index contributed by atoms with van der Waals surface area (Å²) in [6.07, 6.45) is 13.6. The Balaban J connectivity index is 1.75. The van der Waals surface area contributed by atoms with Crippen LogP contribution >= 0.6 is 11.6 Å². The van der Waals surface area contributed by atoms with E-state index in [1.165, 1.54) is 77.3 Å². The van der Waals surface area contributed by atoms with Gasteiger partial charge in [-0.05, 0) is 44.7 Å². The summed E-state index contributed by atoms with van der Waals surface area (Å²) in [5.74, 6) is 0.849. The third kappa shape index (κ3) is 8.05. The SMILES string of the molecule is CCCCCCCCCNCC1CCC(Cl)C1. The number of rotatable bonds is 10. The highest BCUT2D eigenvalue weighted by atomic mass is 35.5. The topological polar surface area (TPSA) is 12.0 Å². The molecule has 17 heavy (non-hydrogen) atoms. The smallest absolute Gasteiger partial charge is 0.0339 e. The Kier molecular flexibility index (Phi) is 9.18. The number of hydrogen-bond donors (Lipinski definition) is 1. The van der Waals surface area contributed by atoms with E-state index >= 15 is 0 Å². The van der Waals surface area contributed by atoms with Crippen molar-refractivity contribution in [2.45, 2.75) is 76.5 Å². The van der Waals surface area contributed by atoms with Crippen molar-refractivity contribution in [3.05, 3.63) is 0 Å². The zero-order valence-corrected chi connectivity index (χ0v) is 12.3. The summed E-state index contributed by atoms with van der Waals surface area (Å²) in [4.78, 5) is 0. The summed E-state index contributed by atoms with van der Waals surface area (Å²) in [6, 6.07) is 0. The molecule has 2 heteroatoms. The summed E-state index contributed by atoms with van der Waals surface area (Å²) in [5, 5.41) is 4.05. The Bertz CT molecular complexity index is 172. The van der Waals surface area contributed by atoms with Crippen molar-refractivity contribution in [2.24, 2.45) is 5.92 Å². The van der Waals surface area contributed by atoms with Crippen LogP contribution in [0.2, 0.25) is 0 Å². The monoisotopic (exact) mass is 259 g/mol. The van der Waals surface area contributed by atoms with E-state index in [9.17, 15) is 0 Å². The van der Waals surface area contributed by atoms with Gasteiger partial charge < -0.3 is 5.32 Å². The molecule has 0 radical (unpaired) electrons. The maximum Gasteiger partial charge on any atom is 0.0339 e. The summed E-state index contributed by atoms with van der Waals surface area (Å²) in [7, 11) is 0. The van der Waals surface area contributed by atoms with Gasteiger partial charge in [0.2, 0.25) is 0 Å². The van der Waals surface area contributed by atoms with E-state index in [0.29, 0.717) is 5.38 Å². The van der Waals surface area contributed by atoms with E-state index in [-0.39, 0.29) is 0 Å². The van der Waals surface area contributed by atoms with E-state index in [1.54, 1.807) is 0 Å². The first kappa shape index (κ1) is 15.3. The molecule has 0 spiro atoms. The van der Waals surface area contributed by atoms with E-state index in [1.807, 2.05) is 0 Å². The molecule has 0 aliphatic heterocycles. The number of unbranched alkanes of at least 4 members (excludes halogenated alkanes) is 6. The zero-order chi connectivity index (χ0) is 12.3. The highest BCUT2D eigenvalue weighted by Gasteiger charge is 2.21. The van der Waals surface area contributed by atoms with Crippen molar-refractivity contribution in [2.75, 3.05) is 13.1 Å². The molecule has 1 fully saturated rings. The Morgan fingerprint density at radius 2 is 1.71 bits per heavy atom. The van der Waals surface area contributed by atoms with Crippen LogP contribution < -0.4 is 5.32 Å². The second-order valence-corrected chi connectivity index (χ2v) is 6.22. The predicted octanol–water partition coefficient (Wildman–Crippen LogP) is 4.73. The lowest BCUT2D eigenvalue weighted by molar-refractivity contribution is 0.477. The molecule has 1 aliphatic rings. The number of nitrogens with one attached hydrogen (secondary N) is 1. The predicted molar refractivity (Wildman–Crippen MR) is 77.8 cm³/mol. The van der Waals surface area contributed by atoms with Gasteiger partial charge in [-0.15, -0.1) is 11.6 Å². The molecule has 0 bridgehead atoms. The van der Waals surface area contributed by atoms with Crippen molar-refractivity contribution in [3.8, 4) is 0 Å². The quantitative estimate of drug-likeness (QED) is 0.442. The molecule has 0 aromatic heterocycles. The van der Waals surface area contributed by atoms with Crippen molar-refractivity contribution in [3.63, 3.8) is 0 Å². The van der Waals surface area contributed by atoms with Crippen LogP contribution in [-0.4, -0.2) is 18.5 Å². The first-order valence-electron chi connectivity index (χ1n) is 7.67. The minimum absolute atomic E-state index is 0.459. The van der Waals surface area contributed by atoms with Gasteiger partial charge in [-0.3, -0.25) is 0 Å². The van der Waals surface area contributed by atoms with Gasteiger partial charge in [0, 0.05) is 5.38 Å². The summed E-state index contributed by atoms with van der Waals surface area (Å²) < 4.78 is 0. The van der Waals surface area contributed by atoms with Gasteiger partial charge in [0.15, 0.2) is 0 Å². The molecule has 1 aliphatic carbocycles. The third-order valence-electron chi connectivity index (χ3n) is 3.87. The van der Waals surface area contributed by atoms with E-state index in [2.05, 4.69) is 12.2 Å². The minimum Gasteiger partial charge on any atom is -0.316 e. The summed E-state index contributed by atoms with van der Waals surface area (Å²) >= 11 is 6.10. The third-order valence-corrected chi connectivity index (χ3v) is 4.26. The maximum absolute atomic E-state index is 6.10. The van der Waals surface area contributed by atoms with E-state index in [4.69, 9.17) is 11.6 Å². The highest BCUT2D eigenvalue weighted by Crippen LogP contribution is 2.28. The first-order valence-corrected chi connectivity index (χ1v) is 8.11. The average molecular weight is 260 g/mol. The number of hydrogen-bond acceptors (Lipinski definition) is 1. The first-order chi connectivity index (χ1) is 8.33. The Hall–Kier alpha value is 0.250. The zero-order valence-electron chi connectivity index (χ0n) is 11.5. The number of halogens is 1. The Labute approximate surface area is 113 Å². The molecule has 0 aromatic carbocycles. The standard InChI is InChI=1S/C15H30ClN/c1-2-3-4-5-6-7-8-11-17-13-14-9-10-15(16)12-14/h14-15,17H,2-13H2,1H3. The van der Waals surface area contributed by atoms with Crippen LogP contribution in [0, 0.1) is 5.92 Å². The molecule has 0 heterocycles. The summed E-state index contributed by atoms with van der Waals surface area (Å²) in [6.45, 7) is 4.68. The lowest BCUT2D eigenvalue weighted by Crippen LogP contribution is -2.22. The fourth-order valence-electron chi connectivity index (χ4n) is 2.71. The molecule has 2 unspecified atom stereocenters. The normalized spacial score (nSPS) is 24.4. The molecule has 102 valence electrons. The molecular formula is C15H30ClN. The van der Waals surface area contributed by atoms with Crippen molar-refractivity contribution in [1.82, 2.24) is 5.32 Å². The van der Waals surface area contributed by atoms with Crippen LogP contribution in [0.5, 0.6) is 0 Å². The fraction of sp³-hybridized carbons (Fsp3) is 1.00. The molecule has 2 atom stereocenters. The molecule has 1 nitrogen and oxygen atoms in total. The summed E-state index contributed by atoms with van der Waals surface area (Å²) in [5.41, 5.74) is 0. The van der Waals surface area contributed by atoms with Crippen LogP contribution in [0.3, 0.4) is 0 Å². The molecule has 1 N–H and O–H groups in total. The van der Waals surface area contributed by atoms with Gasteiger partial charge in [0.25, 0.3) is 0 Å². The van der Waals surface area contributed by atoms with Crippen LogP contribution in [0.1, 0.15) is 71.1 Å². The van der Waals surface area contributed by atoms with Crippen molar-refractivity contribution >= 4 is 11.6 Å². The van der Waals surface area contributed by atoms with Crippen LogP contribution in [0.15, 0.2) is 0 Å². The van der Waals surface area contributed by atoms with Gasteiger partial charge in [0.1, 0.15) is 0 Å². The largest absolute Gasteiger partial charge is 0.316 e. The average Bonchev–Trinajstić information content (AvgIpc) is 2.73. The second-order valence-electron chi connectivity index (χ2n) is 5.60. The molecule has 0 amide bonds. The lowest BCUT2D eigenvalue weighted by atomic mass is 10.1. The molecular weight excluding hydrogens is 230 g/mol. The lowest BCUT2D eigenvalue weighted by Gasteiger charge is -2.10. The van der Waals surface area contributed by atoms with Gasteiger partial charge in [-0.1, -0.05) is 45.4 Å². The van der Waals surface area contributed by atoms with Crippen molar-refractivity contribution < 1.29 is 0 Å². The van der Waals surface area contributed by atoms with E-state index < -0.39 is 0 Å². The van der Waals surface area contributed by atoms with Crippen molar-refractivity contribution in [1.29, 1.82) is 0 Å². The van der Waals surface area contributed by atoms with Gasteiger partial charge in [-0.25, -0.2) is 0 Å². The van der Waals surface area contributed by atoms with Gasteiger partial charge in [-0.2, -0.15) is 0 Å². The minimum atomic E-state index is 0.459. The molecule has 1 rings (SSSR count). The molecule has 1 saturated carbocycles. The van der Waals surface area contributed by atoms with Gasteiger partial charge in [0.05, 0.1) is 0 Å². The highest BCUT2D eigenvalue weighted by molar-refractivity contribution is 6.20. The van der Waals surface area contributed by atoms with Gasteiger partial charge >= 0.3 is 0 Å². The van der Waals surface area contributed by atoms with Crippen LogP contribution in [0.4, 0.5) is 0 Å². The second kappa shape index (κ2) is 10.2. The van der Waals surface area contributed by atoms with Crippen LogP contribution in [-0.2, 0) is 0 Å². The Morgan fingerprint density at radius 3 is 2.35 bits per heavy atom.